The van der Waals surface area contributed by atoms with Crippen LogP contribution in [0, 0.1) is 0 Å². The van der Waals surface area contributed by atoms with E-state index in [0.717, 1.165) is 11.3 Å². The minimum absolute atomic E-state index is 0. The number of fused-ring (bicyclic) bond motifs is 1. The van der Waals surface area contributed by atoms with E-state index >= 15 is 0 Å². The van der Waals surface area contributed by atoms with Crippen molar-refractivity contribution in [3.05, 3.63) is 36.2 Å². The van der Waals surface area contributed by atoms with Crippen LogP contribution >= 0.6 is 0 Å². The van der Waals surface area contributed by atoms with Gasteiger partial charge in [-0.1, -0.05) is 0 Å². The minimum Gasteiger partial charge on any atom is -0.478 e. The van der Waals surface area contributed by atoms with Gasteiger partial charge in [0.15, 0.2) is 0 Å². The second kappa shape index (κ2) is 6.85. The molecule has 0 aromatic heterocycles. The largest absolute Gasteiger partial charge is 0.478 e. The van der Waals surface area contributed by atoms with Crippen LogP contribution in [0.2, 0.25) is 0 Å². The minimum atomic E-state index is -1.26. The molecule has 4 N–H and O–H groups in total. The fourth-order valence-corrected chi connectivity index (χ4v) is 0.906. The molecule has 0 fully saturated rings. The third kappa shape index (κ3) is 5.19. The first-order valence-electron chi connectivity index (χ1n) is 4.21. The molecular formula is C10H10N2O5. The van der Waals surface area contributed by atoms with Gasteiger partial charge in [0.2, 0.25) is 0 Å². The molecule has 0 aromatic carbocycles. The first kappa shape index (κ1) is 14.5. The van der Waals surface area contributed by atoms with Crippen molar-refractivity contribution in [3.8, 4) is 0 Å². The van der Waals surface area contributed by atoms with Gasteiger partial charge in [-0.3, -0.25) is 9.98 Å². The van der Waals surface area contributed by atoms with Crippen LogP contribution in [0.1, 0.15) is 0 Å². The predicted octanol–water partition coefficient (Wildman–Crippen LogP) is -0.190. The molecule has 90 valence electrons. The van der Waals surface area contributed by atoms with Crippen LogP contribution in [0.3, 0.4) is 0 Å². The summed E-state index contributed by atoms with van der Waals surface area (Å²) in [5, 5.41) is 15.6. The SMILES string of the molecule is C1=CC2=CN=CC2=N1.O.O=C(O)/C=C/C(=O)O. The van der Waals surface area contributed by atoms with Gasteiger partial charge >= 0.3 is 11.9 Å². The average molecular weight is 238 g/mol. The maximum atomic E-state index is 9.55. The third-order valence-electron chi connectivity index (χ3n) is 1.54. The van der Waals surface area contributed by atoms with Gasteiger partial charge in [0.25, 0.3) is 0 Å². The fourth-order valence-electron chi connectivity index (χ4n) is 0.906. The zero-order valence-electron chi connectivity index (χ0n) is 8.57. The maximum absolute atomic E-state index is 9.55. The third-order valence-corrected chi connectivity index (χ3v) is 1.54. The van der Waals surface area contributed by atoms with E-state index in [9.17, 15) is 9.59 Å². The Balaban J connectivity index is 0.000000284. The van der Waals surface area contributed by atoms with E-state index in [2.05, 4.69) is 9.98 Å². The molecule has 0 spiro atoms. The number of carboxylic acid groups (broad SMARTS) is 2. The molecular weight excluding hydrogens is 228 g/mol. The number of aliphatic carboxylic acids is 2. The molecule has 0 radical (unpaired) electrons. The molecule has 0 amide bonds. The molecule has 0 atom stereocenters. The molecule has 0 aromatic rings. The quantitative estimate of drug-likeness (QED) is 0.645. The van der Waals surface area contributed by atoms with E-state index in [1.54, 1.807) is 12.4 Å². The van der Waals surface area contributed by atoms with Crippen molar-refractivity contribution in [3.63, 3.8) is 0 Å². The van der Waals surface area contributed by atoms with Crippen LogP contribution in [0.5, 0.6) is 0 Å². The smallest absolute Gasteiger partial charge is 0.328 e. The van der Waals surface area contributed by atoms with Crippen molar-refractivity contribution in [2.45, 2.75) is 0 Å². The van der Waals surface area contributed by atoms with Crippen molar-refractivity contribution in [1.82, 2.24) is 0 Å². The second-order valence-corrected chi connectivity index (χ2v) is 2.70. The van der Waals surface area contributed by atoms with Gasteiger partial charge in [0.1, 0.15) is 0 Å². The van der Waals surface area contributed by atoms with Gasteiger partial charge < -0.3 is 15.7 Å². The van der Waals surface area contributed by atoms with Crippen molar-refractivity contribution in [2.24, 2.45) is 9.98 Å². The van der Waals surface area contributed by atoms with Crippen LogP contribution in [0.4, 0.5) is 0 Å². The fraction of sp³-hybridized carbons (Fsp3) is 0. The molecule has 17 heavy (non-hydrogen) atoms. The Labute approximate surface area is 96.1 Å². The van der Waals surface area contributed by atoms with Gasteiger partial charge in [0.05, 0.1) is 11.9 Å². The maximum Gasteiger partial charge on any atom is 0.328 e. The van der Waals surface area contributed by atoms with E-state index in [1.165, 1.54) is 0 Å². The van der Waals surface area contributed by atoms with Crippen LogP contribution < -0.4 is 0 Å². The number of hydrogen-bond acceptors (Lipinski definition) is 4. The summed E-state index contributed by atoms with van der Waals surface area (Å²) in [6, 6.07) is 0. The summed E-state index contributed by atoms with van der Waals surface area (Å²) in [6.45, 7) is 0. The van der Waals surface area contributed by atoms with Gasteiger partial charge in [-0.15, -0.1) is 0 Å². The Bertz CT molecular complexity index is 415. The lowest BCUT2D eigenvalue weighted by Crippen LogP contribution is -1.91. The van der Waals surface area contributed by atoms with E-state index in [4.69, 9.17) is 10.2 Å². The van der Waals surface area contributed by atoms with E-state index < -0.39 is 11.9 Å². The summed E-state index contributed by atoms with van der Waals surface area (Å²) in [5.41, 5.74) is 2.12. The molecule has 0 saturated heterocycles. The summed E-state index contributed by atoms with van der Waals surface area (Å²) >= 11 is 0. The summed E-state index contributed by atoms with van der Waals surface area (Å²) in [7, 11) is 0. The van der Waals surface area contributed by atoms with Gasteiger partial charge in [-0.05, 0) is 6.08 Å². The zero-order chi connectivity index (χ0) is 12.0. The molecule has 0 bridgehead atoms. The van der Waals surface area contributed by atoms with Crippen LogP contribution in [-0.2, 0) is 9.59 Å². The first-order valence-corrected chi connectivity index (χ1v) is 4.21. The van der Waals surface area contributed by atoms with Gasteiger partial charge in [-0.25, -0.2) is 9.59 Å². The molecule has 2 aliphatic heterocycles. The number of aliphatic imine (C=N–C) groups is 2. The van der Waals surface area contributed by atoms with Crippen molar-refractivity contribution in [1.29, 1.82) is 0 Å². The zero-order valence-corrected chi connectivity index (χ0v) is 8.57. The molecule has 0 aliphatic carbocycles. The Kier molecular flexibility index (Phi) is 5.83. The first-order chi connectivity index (χ1) is 7.59. The topological polar surface area (TPSA) is 131 Å². The van der Waals surface area contributed by atoms with Crippen LogP contribution in [0.15, 0.2) is 46.2 Å². The highest BCUT2D eigenvalue weighted by Gasteiger charge is 2.08. The monoisotopic (exact) mass is 238 g/mol. The van der Waals surface area contributed by atoms with E-state index in [0.29, 0.717) is 12.2 Å². The lowest BCUT2D eigenvalue weighted by Gasteiger charge is -1.80. The highest BCUT2D eigenvalue weighted by Crippen LogP contribution is 2.11. The standard InChI is InChI=1S/C6H4N2.C4H4O4.H2O/c1-2-8-6-4-7-3-5(1)6;5-3(6)1-2-4(7)8;/h1-4H;1-2H,(H,5,6)(H,7,8);1H2/b;2-1+;. The number of nitrogens with zero attached hydrogens (tertiary/aromatic N) is 2. The Morgan fingerprint density at radius 3 is 2.24 bits per heavy atom. The number of hydrogen-bond donors (Lipinski definition) is 2. The van der Waals surface area contributed by atoms with Crippen molar-refractivity contribution in [2.75, 3.05) is 0 Å². The van der Waals surface area contributed by atoms with Crippen molar-refractivity contribution >= 4 is 23.9 Å². The highest BCUT2D eigenvalue weighted by molar-refractivity contribution is 6.41. The molecule has 7 heteroatoms. The number of carbonyl (C=O) groups is 2. The number of allylic oxidation sites excluding steroid dienone is 2. The molecule has 0 saturated carbocycles. The Morgan fingerprint density at radius 2 is 1.76 bits per heavy atom. The summed E-state index contributed by atoms with van der Waals surface area (Å²) in [6.07, 6.45) is 8.41. The summed E-state index contributed by atoms with van der Waals surface area (Å²) in [5.74, 6) is -2.51. The Morgan fingerprint density at radius 1 is 1.18 bits per heavy atom. The lowest BCUT2D eigenvalue weighted by atomic mass is 10.2. The van der Waals surface area contributed by atoms with Crippen LogP contribution in [-0.4, -0.2) is 39.6 Å². The molecule has 2 heterocycles. The lowest BCUT2D eigenvalue weighted by molar-refractivity contribution is -0.134. The Hall–Kier alpha value is -2.54. The summed E-state index contributed by atoms with van der Waals surface area (Å²) in [4.78, 5) is 27.0. The van der Waals surface area contributed by atoms with E-state index in [-0.39, 0.29) is 5.48 Å². The molecule has 2 rings (SSSR count). The van der Waals surface area contributed by atoms with Crippen LogP contribution in [0.25, 0.3) is 0 Å². The van der Waals surface area contributed by atoms with Crippen molar-refractivity contribution < 1.29 is 25.3 Å². The summed E-state index contributed by atoms with van der Waals surface area (Å²) < 4.78 is 0. The normalized spacial score (nSPS) is 14.4. The second-order valence-electron chi connectivity index (χ2n) is 2.70. The molecule has 0 unspecified atom stereocenters. The van der Waals surface area contributed by atoms with E-state index in [1.807, 2.05) is 12.3 Å². The number of rotatable bonds is 2. The van der Waals surface area contributed by atoms with Gasteiger partial charge in [0, 0.05) is 30.1 Å². The molecule has 7 nitrogen and oxygen atoms in total. The van der Waals surface area contributed by atoms with Gasteiger partial charge in [-0.2, -0.15) is 0 Å². The molecule has 2 aliphatic rings. The predicted molar refractivity (Wildman–Crippen MR) is 61.2 cm³/mol. The average Bonchev–Trinajstić information content (AvgIpc) is 2.76. The number of carboxylic acids is 2. The highest BCUT2D eigenvalue weighted by atomic mass is 16.4.